The number of carboxylic acid groups (broad SMARTS) is 1. The SMILES string of the molecule is CC(O)c1ccc(-c2ccc(CNCc3ccc(C(=O)O)cc3)o2)cc1.Cl. The Morgan fingerprint density at radius 1 is 1.00 bits per heavy atom. The highest BCUT2D eigenvalue weighted by atomic mass is 35.5. The number of benzene rings is 2. The summed E-state index contributed by atoms with van der Waals surface area (Å²) in [5.41, 5.74) is 3.13. The number of carboxylic acids is 1. The van der Waals surface area contributed by atoms with E-state index in [1.165, 1.54) is 0 Å². The van der Waals surface area contributed by atoms with Gasteiger partial charge in [-0.25, -0.2) is 4.79 Å². The summed E-state index contributed by atoms with van der Waals surface area (Å²) >= 11 is 0. The second-order valence-electron chi connectivity index (χ2n) is 6.17. The molecule has 6 heteroatoms. The van der Waals surface area contributed by atoms with Crippen LogP contribution in [0.3, 0.4) is 0 Å². The zero-order valence-electron chi connectivity index (χ0n) is 14.9. The minimum absolute atomic E-state index is 0. The first-order valence-corrected chi connectivity index (χ1v) is 8.43. The van der Waals surface area contributed by atoms with Crippen LogP contribution in [0.25, 0.3) is 11.3 Å². The minimum atomic E-state index is -0.922. The molecule has 3 rings (SSSR count). The van der Waals surface area contributed by atoms with Gasteiger partial charge >= 0.3 is 5.97 Å². The lowest BCUT2D eigenvalue weighted by atomic mass is 10.1. The molecule has 0 fully saturated rings. The van der Waals surface area contributed by atoms with E-state index in [9.17, 15) is 9.90 Å². The number of aromatic carboxylic acids is 1. The lowest BCUT2D eigenvalue weighted by Crippen LogP contribution is -2.12. The quantitative estimate of drug-likeness (QED) is 0.559. The van der Waals surface area contributed by atoms with E-state index in [4.69, 9.17) is 9.52 Å². The predicted molar refractivity (Wildman–Crippen MR) is 106 cm³/mol. The van der Waals surface area contributed by atoms with Crippen molar-refractivity contribution in [1.82, 2.24) is 5.32 Å². The second-order valence-corrected chi connectivity index (χ2v) is 6.17. The van der Waals surface area contributed by atoms with Crippen molar-refractivity contribution in [2.24, 2.45) is 0 Å². The standard InChI is InChI=1S/C21H21NO4.ClH/c1-14(23)16-6-8-17(9-7-16)20-11-10-19(26-20)13-22-12-15-2-4-18(5-3-15)21(24)25;/h2-11,14,22-23H,12-13H2,1H3,(H,24,25);1H. The monoisotopic (exact) mass is 387 g/mol. The molecule has 1 atom stereocenters. The molecule has 0 radical (unpaired) electrons. The summed E-state index contributed by atoms with van der Waals surface area (Å²) in [6.07, 6.45) is -0.482. The molecule has 3 aromatic rings. The molecule has 0 aliphatic rings. The van der Waals surface area contributed by atoms with Gasteiger partial charge in [0.15, 0.2) is 0 Å². The smallest absolute Gasteiger partial charge is 0.335 e. The van der Waals surface area contributed by atoms with Gasteiger partial charge in [0.2, 0.25) is 0 Å². The highest BCUT2D eigenvalue weighted by molar-refractivity contribution is 5.87. The Bertz CT molecular complexity index is 870. The number of nitrogens with one attached hydrogen (secondary N) is 1. The number of halogens is 1. The van der Waals surface area contributed by atoms with Crippen LogP contribution < -0.4 is 5.32 Å². The van der Waals surface area contributed by atoms with Gasteiger partial charge in [-0.3, -0.25) is 0 Å². The minimum Gasteiger partial charge on any atom is -0.478 e. The van der Waals surface area contributed by atoms with Gasteiger partial charge in [-0.1, -0.05) is 36.4 Å². The molecule has 0 bridgehead atoms. The van der Waals surface area contributed by atoms with Crippen LogP contribution in [0.1, 0.15) is 40.3 Å². The first-order valence-electron chi connectivity index (χ1n) is 8.43. The molecule has 0 amide bonds. The van der Waals surface area contributed by atoms with E-state index in [-0.39, 0.29) is 18.0 Å². The van der Waals surface area contributed by atoms with E-state index in [0.717, 1.165) is 28.2 Å². The van der Waals surface area contributed by atoms with Crippen molar-refractivity contribution in [3.8, 4) is 11.3 Å². The molecule has 2 aromatic carbocycles. The van der Waals surface area contributed by atoms with Gasteiger partial charge in [0.1, 0.15) is 11.5 Å². The zero-order chi connectivity index (χ0) is 18.5. The molecule has 27 heavy (non-hydrogen) atoms. The van der Waals surface area contributed by atoms with Gasteiger partial charge in [0.05, 0.1) is 18.2 Å². The predicted octanol–water partition coefficient (Wildman–Crippen LogP) is 4.41. The summed E-state index contributed by atoms with van der Waals surface area (Å²) in [6.45, 7) is 2.94. The average Bonchev–Trinajstić information content (AvgIpc) is 3.11. The molecule has 0 aliphatic heterocycles. The number of hydrogen-bond donors (Lipinski definition) is 3. The molecule has 0 saturated heterocycles. The van der Waals surface area contributed by atoms with E-state index in [1.807, 2.05) is 36.4 Å². The topological polar surface area (TPSA) is 82.7 Å². The fourth-order valence-corrected chi connectivity index (χ4v) is 2.65. The first-order chi connectivity index (χ1) is 12.5. The maximum absolute atomic E-state index is 10.8. The summed E-state index contributed by atoms with van der Waals surface area (Å²) < 4.78 is 5.86. The summed E-state index contributed by atoms with van der Waals surface area (Å²) in [6, 6.07) is 18.3. The zero-order valence-corrected chi connectivity index (χ0v) is 15.7. The van der Waals surface area contributed by atoms with Gasteiger partial charge in [0, 0.05) is 12.1 Å². The van der Waals surface area contributed by atoms with Crippen molar-refractivity contribution < 1.29 is 19.4 Å². The Labute approximate surface area is 164 Å². The van der Waals surface area contributed by atoms with Crippen LogP contribution >= 0.6 is 12.4 Å². The van der Waals surface area contributed by atoms with Gasteiger partial charge in [-0.05, 0) is 42.3 Å². The normalized spacial score (nSPS) is 11.6. The van der Waals surface area contributed by atoms with Crippen LogP contribution in [0.4, 0.5) is 0 Å². The maximum atomic E-state index is 10.8. The fourth-order valence-electron chi connectivity index (χ4n) is 2.65. The molecule has 0 aliphatic carbocycles. The van der Waals surface area contributed by atoms with E-state index in [2.05, 4.69) is 5.32 Å². The summed E-state index contributed by atoms with van der Waals surface area (Å²) in [4.78, 5) is 10.8. The third kappa shape index (κ3) is 5.44. The molecule has 1 heterocycles. The van der Waals surface area contributed by atoms with E-state index in [0.29, 0.717) is 13.1 Å². The van der Waals surface area contributed by atoms with Crippen LogP contribution in [-0.2, 0) is 13.1 Å². The lowest BCUT2D eigenvalue weighted by molar-refractivity contribution is 0.0697. The molecule has 0 spiro atoms. The molecule has 5 nitrogen and oxygen atoms in total. The first kappa shape index (κ1) is 20.7. The van der Waals surface area contributed by atoms with Crippen molar-refractivity contribution in [2.45, 2.75) is 26.1 Å². The Morgan fingerprint density at radius 3 is 2.26 bits per heavy atom. The summed E-state index contributed by atoms with van der Waals surface area (Å²) in [5.74, 6) is 0.681. The highest BCUT2D eigenvalue weighted by Gasteiger charge is 2.07. The van der Waals surface area contributed by atoms with E-state index >= 15 is 0 Å². The van der Waals surface area contributed by atoms with Crippen LogP contribution in [0.2, 0.25) is 0 Å². The Kier molecular flexibility index (Phi) is 7.19. The fraction of sp³-hybridized carbons (Fsp3) is 0.190. The molecule has 142 valence electrons. The number of rotatable bonds is 7. The van der Waals surface area contributed by atoms with Crippen molar-refractivity contribution in [3.63, 3.8) is 0 Å². The van der Waals surface area contributed by atoms with Crippen molar-refractivity contribution in [1.29, 1.82) is 0 Å². The second kappa shape index (κ2) is 9.37. The molecule has 1 aromatic heterocycles. The van der Waals surface area contributed by atoms with Crippen molar-refractivity contribution in [3.05, 3.63) is 83.1 Å². The van der Waals surface area contributed by atoms with Crippen LogP contribution in [0.15, 0.2) is 65.1 Å². The molecular formula is C21H22ClNO4. The Morgan fingerprint density at radius 2 is 1.67 bits per heavy atom. The lowest BCUT2D eigenvalue weighted by Gasteiger charge is -2.05. The van der Waals surface area contributed by atoms with E-state index < -0.39 is 12.1 Å². The maximum Gasteiger partial charge on any atom is 0.335 e. The molecular weight excluding hydrogens is 366 g/mol. The number of furan rings is 1. The Hall–Kier alpha value is -2.60. The molecule has 1 unspecified atom stereocenters. The molecule has 3 N–H and O–H groups in total. The van der Waals surface area contributed by atoms with Gasteiger partial charge in [0.25, 0.3) is 0 Å². The molecule has 0 saturated carbocycles. The number of aliphatic hydroxyl groups is 1. The third-order valence-corrected chi connectivity index (χ3v) is 4.17. The van der Waals surface area contributed by atoms with Gasteiger partial charge in [-0.15, -0.1) is 12.4 Å². The van der Waals surface area contributed by atoms with Crippen LogP contribution in [0, 0.1) is 0 Å². The third-order valence-electron chi connectivity index (χ3n) is 4.17. The Balaban J connectivity index is 0.00000261. The van der Waals surface area contributed by atoms with Crippen LogP contribution in [-0.4, -0.2) is 16.2 Å². The number of hydrogen-bond acceptors (Lipinski definition) is 4. The van der Waals surface area contributed by atoms with Crippen molar-refractivity contribution >= 4 is 18.4 Å². The number of aliphatic hydroxyl groups excluding tert-OH is 1. The number of carbonyl (C=O) groups is 1. The van der Waals surface area contributed by atoms with Crippen LogP contribution in [0.5, 0.6) is 0 Å². The summed E-state index contributed by atoms with van der Waals surface area (Å²) in [5, 5.41) is 21.7. The summed E-state index contributed by atoms with van der Waals surface area (Å²) in [7, 11) is 0. The average molecular weight is 388 g/mol. The van der Waals surface area contributed by atoms with Gasteiger partial charge < -0.3 is 19.9 Å². The largest absolute Gasteiger partial charge is 0.478 e. The van der Waals surface area contributed by atoms with Gasteiger partial charge in [-0.2, -0.15) is 0 Å². The van der Waals surface area contributed by atoms with E-state index in [1.54, 1.807) is 31.2 Å². The highest BCUT2D eigenvalue weighted by Crippen LogP contribution is 2.24. The van der Waals surface area contributed by atoms with Crippen molar-refractivity contribution in [2.75, 3.05) is 0 Å².